The lowest BCUT2D eigenvalue weighted by Gasteiger charge is -1.92. The van der Waals surface area contributed by atoms with Crippen LogP contribution in [0.1, 0.15) is 0 Å². The van der Waals surface area contributed by atoms with Gasteiger partial charge in [-0.15, -0.1) is 0 Å². The van der Waals surface area contributed by atoms with Gasteiger partial charge in [0.05, 0.1) is 0 Å². The lowest BCUT2D eigenvalue weighted by atomic mass is 10.1. The van der Waals surface area contributed by atoms with Gasteiger partial charge in [0.1, 0.15) is 0 Å². The Morgan fingerprint density at radius 2 is 0.679 bits per heavy atom. The lowest BCUT2D eigenvalue weighted by Crippen LogP contribution is -1.79. The SMILES string of the molecule is CO.CO.C[N+](=O)[O-].C[N+](=O)[O-].c1ccc2ccccc2c1.c1ccccc1. The second kappa shape index (κ2) is 23.6. The normalized spacial score (nSPS) is 7.50. The summed E-state index contributed by atoms with van der Waals surface area (Å²) in [4.78, 5) is 16.6. The summed E-state index contributed by atoms with van der Waals surface area (Å²) < 4.78 is 0. The molecular weight excluding hydrogens is 364 g/mol. The second-order valence-electron chi connectivity index (χ2n) is 4.38. The molecule has 8 nitrogen and oxygen atoms in total. The van der Waals surface area contributed by atoms with Crippen molar-refractivity contribution >= 4 is 10.8 Å². The van der Waals surface area contributed by atoms with Crippen molar-refractivity contribution in [2.75, 3.05) is 28.3 Å². The second-order valence-corrected chi connectivity index (χ2v) is 4.38. The summed E-state index contributed by atoms with van der Waals surface area (Å²) in [6.07, 6.45) is 0. The van der Waals surface area contributed by atoms with Gasteiger partial charge >= 0.3 is 0 Å². The van der Waals surface area contributed by atoms with Gasteiger partial charge in [0.2, 0.25) is 0 Å². The van der Waals surface area contributed by atoms with Crippen LogP contribution in [0.3, 0.4) is 0 Å². The third-order valence-electron chi connectivity index (χ3n) is 2.33. The summed E-state index contributed by atoms with van der Waals surface area (Å²) in [7, 11) is 3.78. The number of aliphatic hydroxyl groups is 2. The fourth-order valence-corrected chi connectivity index (χ4v) is 1.52. The quantitative estimate of drug-likeness (QED) is 0.445. The number of nitro groups is 2. The average molecular weight is 392 g/mol. The van der Waals surface area contributed by atoms with Crippen LogP contribution < -0.4 is 0 Å². The van der Waals surface area contributed by atoms with Crippen molar-refractivity contribution in [2.45, 2.75) is 0 Å². The first-order valence-electron chi connectivity index (χ1n) is 7.92. The molecular formula is C20H28N2O6. The molecule has 0 atom stereocenters. The van der Waals surface area contributed by atoms with E-state index in [4.69, 9.17) is 30.4 Å². The number of aliphatic hydroxyl groups excluding tert-OH is 2. The molecule has 0 heterocycles. The minimum absolute atomic E-state index is 0.500. The molecule has 3 rings (SSSR count). The van der Waals surface area contributed by atoms with Gasteiger partial charge in [0, 0.05) is 24.1 Å². The summed E-state index contributed by atoms with van der Waals surface area (Å²) in [6.45, 7) is 0. The molecule has 3 aromatic carbocycles. The molecule has 154 valence electrons. The Morgan fingerprint density at radius 1 is 0.536 bits per heavy atom. The van der Waals surface area contributed by atoms with Crippen molar-refractivity contribution in [2.24, 2.45) is 0 Å². The van der Waals surface area contributed by atoms with Crippen molar-refractivity contribution < 1.29 is 20.1 Å². The molecule has 0 unspecified atom stereocenters. The number of hydrogen-bond donors (Lipinski definition) is 2. The van der Waals surface area contributed by atoms with E-state index in [1.165, 1.54) is 10.8 Å². The average Bonchev–Trinajstić information content (AvgIpc) is 2.72. The monoisotopic (exact) mass is 392 g/mol. The van der Waals surface area contributed by atoms with Crippen molar-refractivity contribution in [1.82, 2.24) is 0 Å². The van der Waals surface area contributed by atoms with Crippen molar-refractivity contribution in [3.8, 4) is 0 Å². The number of fused-ring (bicyclic) bond motifs is 1. The summed E-state index contributed by atoms with van der Waals surface area (Å²) in [5.41, 5.74) is 0. The Labute approximate surface area is 165 Å². The predicted octanol–water partition coefficient (Wildman–Crippen LogP) is 3.53. The van der Waals surface area contributed by atoms with Crippen LogP contribution in [0.5, 0.6) is 0 Å². The zero-order valence-corrected chi connectivity index (χ0v) is 16.5. The fourth-order valence-electron chi connectivity index (χ4n) is 1.52. The Balaban J connectivity index is -0.000000303. The van der Waals surface area contributed by atoms with Crippen LogP contribution in [0.2, 0.25) is 0 Å². The van der Waals surface area contributed by atoms with E-state index in [1.54, 1.807) is 0 Å². The van der Waals surface area contributed by atoms with Gasteiger partial charge in [0.15, 0.2) is 14.1 Å². The van der Waals surface area contributed by atoms with E-state index in [2.05, 4.69) is 48.5 Å². The van der Waals surface area contributed by atoms with Gasteiger partial charge in [-0.05, 0) is 10.8 Å². The van der Waals surface area contributed by atoms with E-state index < -0.39 is 9.85 Å². The van der Waals surface area contributed by atoms with Crippen LogP contribution in [0.4, 0.5) is 0 Å². The highest BCUT2D eigenvalue weighted by atomic mass is 16.6. The number of nitrogens with zero attached hydrogens (tertiary/aromatic N) is 2. The molecule has 0 saturated carbocycles. The zero-order chi connectivity index (χ0) is 22.2. The highest BCUT2D eigenvalue weighted by Crippen LogP contribution is 2.11. The largest absolute Gasteiger partial charge is 0.400 e. The van der Waals surface area contributed by atoms with E-state index >= 15 is 0 Å². The minimum Gasteiger partial charge on any atom is -0.400 e. The molecule has 2 N–H and O–H groups in total. The van der Waals surface area contributed by atoms with Gasteiger partial charge in [0.25, 0.3) is 0 Å². The summed E-state index contributed by atoms with van der Waals surface area (Å²) in [5.74, 6) is 0. The first-order chi connectivity index (χ1) is 13.4. The van der Waals surface area contributed by atoms with Crippen LogP contribution in [0, 0.1) is 20.2 Å². The van der Waals surface area contributed by atoms with Crippen LogP contribution in [0.25, 0.3) is 10.8 Å². The Bertz CT molecular complexity index is 612. The predicted molar refractivity (Wildman–Crippen MR) is 113 cm³/mol. The summed E-state index contributed by atoms with van der Waals surface area (Å²) in [5, 5.41) is 34.2. The van der Waals surface area contributed by atoms with E-state index in [1.807, 2.05) is 36.4 Å². The molecule has 0 fully saturated rings. The van der Waals surface area contributed by atoms with Gasteiger partial charge < -0.3 is 10.2 Å². The summed E-state index contributed by atoms with van der Waals surface area (Å²) >= 11 is 0. The molecule has 0 bridgehead atoms. The number of rotatable bonds is 0. The van der Waals surface area contributed by atoms with Gasteiger partial charge in [-0.3, -0.25) is 20.2 Å². The minimum atomic E-state index is -0.500. The lowest BCUT2D eigenvalue weighted by molar-refractivity contribution is -0.445. The maximum Gasteiger partial charge on any atom is 0.194 e. The van der Waals surface area contributed by atoms with Gasteiger partial charge in [-0.1, -0.05) is 84.9 Å². The van der Waals surface area contributed by atoms with E-state index in [0.29, 0.717) is 0 Å². The van der Waals surface area contributed by atoms with E-state index in [0.717, 1.165) is 28.3 Å². The van der Waals surface area contributed by atoms with Crippen molar-refractivity contribution in [1.29, 1.82) is 0 Å². The van der Waals surface area contributed by atoms with E-state index in [9.17, 15) is 0 Å². The molecule has 0 saturated heterocycles. The third-order valence-corrected chi connectivity index (χ3v) is 2.33. The van der Waals surface area contributed by atoms with Gasteiger partial charge in [-0.2, -0.15) is 0 Å². The maximum atomic E-state index is 8.81. The molecule has 0 aromatic heterocycles. The topological polar surface area (TPSA) is 127 Å². The molecule has 0 spiro atoms. The third kappa shape index (κ3) is 24.9. The zero-order valence-electron chi connectivity index (χ0n) is 16.5. The van der Waals surface area contributed by atoms with Gasteiger partial charge in [-0.25, -0.2) is 0 Å². The molecule has 0 aliphatic rings. The smallest absolute Gasteiger partial charge is 0.194 e. The summed E-state index contributed by atoms with van der Waals surface area (Å²) in [6, 6.07) is 28.7. The Kier molecular flexibility index (Phi) is 24.8. The van der Waals surface area contributed by atoms with Crippen LogP contribution in [-0.2, 0) is 0 Å². The first kappa shape index (κ1) is 29.4. The standard InChI is InChI=1S/C10H8.C6H6.2CH3NO2.2CH4O/c1-2-6-10-8-4-3-7-9(10)5-1;1-2-4-6-5-3-1;2*1-2(3)4;2*1-2/h1-8H;1-6H;2*1H3;2*2H,1H3. The van der Waals surface area contributed by atoms with E-state index in [-0.39, 0.29) is 0 Å². The molecule has 28 heavy (non-hydrogen) atoms. The molecule has 0 amide bonds. The molecule has 0 aliphatic carbocycles. The number of hydrogen-bond acceptors (Lipinski definition) is 6. The highest BCUT2D eigenvalue weighted by Gasteiger charge is 1.85. The molecule has 0 aliphatic heterocycles. The van der Waals surface area contributed by atoms with Crippen molar-refractivity contribution in [3.63, 3.8) is 0 Å². The molecule has 0 radical (unpaired) electrons. The van der Waals surface area contributed by atoms with Crippen molar-refractivity contribution in [3.05, 3.63) is 105 Å². The highest BCUT2D eigenvalue weighted by molar-refractivity contribution is 5.81. The number of benzene rings is 3. The maximum absolute atomic E-state index is 8.81. The van der Waals surface area contributed by atoms with Crippen LogP contribution in [-0.4, -0.2) is 48.4 Å². The first-order valence-corrected chi connectivity index (χ1v) is 7.92. The van der Waals surface area contributed by atoms with Crippen LogP contribution >= 0.6 is 0 Å². The Hall–Kier alpha value is -3.36. The molecule has 8 heteroatoms. The van der Waals surface area contributed by atoms with Crippen LogP contribution in [0.15, 0.2) is 84.9 Å². The molecule has 3 aromatic rings. The fraction of sp³-hybridized carbons (Fsp3) is 0.200. The Morgan fingerprint density at radius 3 is 0.821 bits per heavy atom.